The van der Waals surface area contributed by atoms with Crippen molar-refractivity contribution in [3.05, 3.63) is 59.7 Å². The molecule has 0 atom stereocenters. The zero-order chi connectivity index (χ0) is 34.5. The molecule has 268 valence electrons. The molecule has 0 radical (unpaired) electrons. The molecule has 1 aliphatic carbocycles. The van der Waals surface area contributed by atoms with Crippen molar-refractivity contribution in [1.29, 1.82) is 0 Å². The molecule has 0 bridgehead atoms. The average Bonchev–Trinajstić information content (AvgIpc) is 3.38. The van der Waals surface area contributed by atoms with E-state index in [2.05, 4.69) is 24.3 Å². The number of likely N-dealkylation sites (N-methyl/N-ethyl adjacent to an activating group) is 1. The number of carbonyl (C=O) groups excluding carboxylic acids is 2. The zero-order valence-electron chi connectivity index (χ0n) is 28.9. The lowest BCUT2D eigenvalue weighted by Crippen LogP contribution is -2.32. The molecule has 1 aliphatic rings. The van der Waals surface area contributed by atoms with Gasteiger partial charge in [-0.2, -0.15) is 0 Å². The predicted molar refractivity (Wildman–Crippen MR) is 179 cm³/mol. The smallest absolute Gasteiger partial charge is 0.409 e. The summed E-state index contributed by atoms with van der Waals surface area (Å²) >= 11 is 0. The highest BCUT2D eigenvalue weighted by molar-refractivity contribution is 5.79. The van der Waals surface area contributed by atoms with E-state index in [1.54, 1.807) is 7.05 Å². The molecule has 0 aromatic heterocycles. The van der Waals surface area contributed by atoms with Crippen LogP contribution in [0.3, 0.4) is 0 Å². The average molecular weight is 676 g/mol. The van der Waals surface area contributed by atoms with Gasteiger partial charge >= 0.3 is 12.1 Å². The Kier molecular flexibility index (Phi) is 18.5. The Labute approximate surface area is 284 Å². The van der Waals surface area contributed by atoms with E-state index in [1.807, 2.05) is 45.0 Å². The fourth-order valence-corrected chi connectivity index (χ4v) is 4.84. The molecule has 48 heavy (non-hydrogen) atoms. The van der Waals surface area contributed by atoms with E-state index in [4.69, 9.17) is 42.6 Å². The maximum atomic E-state index is 12.6. The van der Waals surface area contributed by atoms with Gasteiger partial charge in [0.05, 0.1) is 85.9 Å². The van der Waals surface area contributed by atoms with Crippen LogP contribution in [-0.2, 0) is 47.4 Å². The molecule has 2 aromatic carbocycles. The van der Waals surface area contributed by atoms with Crippen LogP contribution in [0.25, 0.3) is 11.1 Å². The predicted octanol–water partition coefficient (Wildman–Crippen LogP) is 4.33. The lowest BCUT2D eigenvalue weighted by atomic mass is 9.98. The van der Waals surface area contributed by atoms with E-state index in [1.165, 1.54) is 27.2 Å². The van der Waals surface area contributed by atoms with Crippen molar-refractivity contribution in [3.63, 3.8) is 0 Å². The molecule has 0 N–H and O–H groups in total. The topological polar surface area (TPSA) is 120 Å². The van der Waals surface area contributed by atoms with Crippen LogP contribution < -0.4 is 0 Å². The Morgan fingerprint density at radius 3 is 1.44 bits per heavy atom. The summed E-state index contributed by atoms with van der Waals surface area (Å²) in [4.78, 5) is 25.6. The molecular formula is C36H53NO11. The summed E-state index contributed by atoms with van der Waals surface area (Å²) in [5.41, 5.74) is 4.27. The van der Waals surface area contributed by atoms with Crippen molar-refractivity contribution < 1.29 is 52.2 Å². The summed E-state index contributed by atoms with van der Waals surface area (Å²) in [5.74, 6) is -0.354. The minimum atomic E-state index is -0.516. The van der Waals surface area contributed by atoms with Crippen LogP contribution in [-0.4, -0.2) is 135 Å². The van der Waals surface area contributed by atoms with Crippen LogP contribution in [0.1, 0.15) is 37.8 Å². The molecule has 0 spiro atoms. The number of esters is 1. The quantitative estimate of drug-likeness (QED) is 0.111. The lowest BCUT2D eigenvalue weighted by molar-refractivity contribution is -0.160. The van der Waals surface area contributed by atoms with E-state index in [-0.39, 0.29) is 18.6 Å². The van der Waals surface area contributed by atoms with Gasteiger partial charge in [-0.1, -0.05) is 48.5 Å². The lowest BCUT2D eigenvalue weighted by Gasteiger charge is -2.19. The van der Waals surface area contributed by atoms with Crippen molar-refractivity contribution >= 4 is 12.1 Å². The molecule has 0 aliphatic heterocycles. The Balaban J connectivity index is 1.04. The molecule has 0 fully saturated rings. The maximum absolute atomic E-state index is 12.6. The summed E-state index contributed by atoms with van der Waals surface area (Å²) in [6.07, 6.45) is -0.368. The number of amides is 1. The third-order valence-electron chi connectivity index (χ3n) is 7.09. The van der Waals surface area contributed by atoms with E-state index >= 15 is 0 Å². The Bertz CT molecular complexity index is 1160. The van der Waals surface area contributed by atoms with Crippen molar-refractivity contribution in [1.82, 2.24) is 4.90 Å². The largest absolute Gasteiger partial charge is 0.458 e. The fourth-order valence-electron chi connectivity index (χ4n) is 4.84. The SMILES string of the molecule is CN(CCOCCOCCOCCOCCOCCOCCOCC(=O)OC(C)(C)C)C(=O)OCC1c2ccccc2-c2ccccc21. The maximum Gasteiger partial charge on any atom is 0.409 e. The Morgan fingerprint density at radius 2 is 1.00 bits per heavy atom. The number of ether oxygens (including phenoxy) is 9. The first-order valence-electron chi connectivity index (χ1n) is 16.6. The van der Waals surface area contributed by atoms with Gasteiger partial charge in [0, 0.05) is 19.5 Å². The highest BCUT2D eigenvalue weighted by Gasteiger charge is 2.29. The number of fused-ring (bicyclic) bond motifs is 3. The number of hydrogen-bond acceptors (Lipinski definition) is 11. The highest BCUT2D eigenvalue weighted by Crippen LogP contribution is 2.44. The van der Waals surface area contributed by atoms with Crippen molar-refractivity contribution in [3.8, 4) is 11.1 Å². The van der Waals surface area contributed by atoms with Gasteiger partial charge in [-0.3, -0.25) is 0 Å². The zero-order valence-corrected chi connectivity index (χ0v) is 28.9. The van der Waals surface area contributed by atoms with Gasteiger partial charge in [-0.05, 0) is 43.0 Å². The van der Waals surface area contributed by atoms with Crippen molar-refractivity contribution in [2.75, 3.05) is 113 Å². The number of rotatable bonds is 25. The standard InChI is InChI=1S/C36H53NO11/c1-36(2,3)48-34(38)28-46-26-25-45-24-23-44-22-21-43-20-19-42-18-17-41-16-15-40-14-13-37(4)35(39)47-27-33-31-11-7-5-9-29(31)30-10-6-8-12-32(30)33/h5-12,33H,13-28H2,1-4H3. The first-order chi connectivity index (χ1) is 23.3. The van der Waals surface area contributed by atoms with E-state index in [9.17, 15) is 9.59 Å². The van der Waals surface area contributed by atoms with E-state index in [0.29, 0.717) is 99.0 Å². The van der Waals surface area contributed by atoms with Gasteiger partial charge in [0.25, 0.3) is 0 Å². The second-order valence-corrected chi connectivity index (χ2v) is 12.0. The van der Waals surface area contributed by atoms with Gasteiger partial charge < -0.3 is 47.5 Å². The number of hydrogen-bond donors (Lipinski definition) is 0. The fraction of sp³-hybridized carbons (Fsp3) is 0.611. The molecule has 1 amide bonds. The summed E-state index contributed by atoms with van der Waals surface area (Å²) in [5, 5.41) is 0. The molecule has 0 unspecified atom stereocenters. The van der Waals surface area contributed by atoms with Crippen LogP contribution in [0, 0.1) is 0 Å². The third kappa shape index (κ3) is 15.4. The molecule has 0 saturated carbocycles. The molecular weight excluding hydrogens is 622 g/mol. The number of benzene rings is 2. The van der Waals surface area contributed by atoms with Gasteiger partial charge in [-0.15, -0.1) is 0 Å². The van der Waals surface area contributed by atoms with Gasteiger partial charge in [-0.25, -0.2) is 9.59 Å². The van der Waals surface area contributed by atoms with Gasteiger partial charge in [0.15, 0.2) is 0 Å². The van der Waals surface area contributed by atoms with Crippen LogP contribution in [0.5, 0.6) is 0 Å². The molecule has 0 heterocycles. The summed E-state index contributed by atoms with van der Waals surface area (Å²) < 4.78 is 49.0. The first kappa shape index (κ1) is 39.3. The second-order valence-electron chi connectivity index (χ2n) is 12.0. The summed E-state index contributed by atoms with van der Waals surface area (Å²) in [6.45, 7) is 11.7. The van der Waals surface area contributed by atoms with E-state index < -0.39 is 11.6 Å². The van der Waals surface area contributed by atoms with E-state index in [0.717, 1.165) is 0 Å². The summed E-state index contributed by atoms with van der Waals surface area (Å²) in [7, 11) is 1.71. The highest BCUT2D eigenvalue weighted by atomic mass is 16.6. The van der Waals surface area contributed by atoms with Crippen LogP contribution in [0.4, 0.5) is 4.79 Å². The van der Waals surface area contributed by atoms with Crippen LogP contribution in [0.15, 0.2) is 48.5 Å². The number of carbonyl (C=O) groups is 2. The molecule has 2 aromatic rings. The monoisotopic (exact) mass is 675 g/mol. The Hall–Kier alpha value is -3.10. The first-order valence-corrected chi connectivity index (χ1v) is 16.6. The normalized spacial score (nSPS) is 12.5. The van der Waals surface area contributed by atoms with Crippen molar-refractivity contribution in [2.24, 2.45) is 0 Å². The van der Waals surface area contributed by atoms with Gasteiger partial charge in [0.2, 0.25) is 0 Å². The number of nitrogens with zero attached hydrogens (tertiary/aromatic N) is 1. The van der Waals surface area contributed by atoms with Gasteiger partial charge in [0.1, 0.15) is 18.8 Å². The summed E-state index contributed by atoms with van der Waals surface area (Å²) in [6, 6.07) is 16.6. The van der Waals surface area contributed by atoms with Crippen molar-refractivity contribution in [2.45, 2.75) is 32.3 Å². The minimum Gasteiger partial charge on any atom is -0.458 e. The molecule has 12 nitrogen and oxygen atoms in total. The second kappa shape index (κ2) is 22.5. The Morgan fingerprint density at radius 1 is 0.604 bits per heavy atom. The van der Waals surface area contributed by atoms with Crippen LogP contribution in [0.2, 0.25) is 0 Å². The molecule has 12 heteroatoms. The molecule has 3 rings (SSSR count). The van der Waals surface area contributed by atoms with Crippen LogP contribution >= 0.6 is 0 Å². The third-order valence-corrected chi connectivity index (χ3v) is 7.09. The minimum absolute atomic E-state index is 0.0368. The molecule has 0 saturated heterocycles.